The molecule has 84 valence electrons. The number of aromatic nitrogens is 1. The van der Waals surface area contributed by atoms with Gasteiger partial charge in [-0.1, -0.05) is 11.6 Å². The van der Waals surface area contributed by atoms with E-state index in [0.717, 1.165) is 33.0 Å². The SMILES string of the molecule is Clc1ccc2[nH]c(CNC3CC3)c(Br)c2c1. The normalized spacial score (nSPS) is 15.9. The van der Waals surface area contributed by atoms with E-state index in [1.54, 1.807) is 0 Å². The van der Waals surface area contributed by atoms with Crippen LogP contribution in [0.2, 0.25) is 5.02 Å². The lowest BCUT2D eigenvalue weighted by Crippen LogP contribution is -2.15. The van der Waals surface area contributed by atoms with E-state index in [4.69, 9.17) is 11.6 Å². The minimum Gasteiger partial charge on any atom is -0.356 e. The van der Waals surface area contributed by atoms with E-state index in [2.05, 4.69) is 26.2 Å². The Morgan fingerprint density at radius 1 is 1.44 bits per heavy atom. The average Bonchev–Trinajstić information content (AvgIpc) is 3.04. The highest BCUT2D eigenvalue weighted by atomic mass is 79.9. The highest BCUT2D eigenvalue weighted by Crippen LogP contribution is 2.30. The molecule has 1 saturated carbocycles. The molecule has 1 aromatic heterocycles. The van der Waals surface area contributed by atoms with Crippen molar-refractivity contribution < 1.29 is 0 Å². The molecule has 0 saturated heterocycles. The molecule has 4 heteroatoms. The Balaban J connectivity index is 1.94. The summed E-state index contributed by atoms with van der Waals surface area (Å²) in [4.78, 5) is 3.41. The molecule has 0 aliphatic heterocycles. The third-order valence-corrected chi connectivity index (χ3v) is 4.05. The molecular weight excluding hydrogens is 288 g/mol. The molecule has 0 radical (unpaired) electrons. The summed E-state index contributed by atoms with van der Waals surface area (Å²) in [6, 6.07) is 6.63. The number of fused-ring (bicyclic) bond motifs is 1. The number of aromatic amines is 1. The molecule has 1 aliphatic rings. The maximum absolute atomic E-state index is 5.99. The van der Waals surface area contributed by atoms with Crippen molar-refractivity contribution in [2.75, 3.05) is 0 Å². The highest BCUT2D eigenvalue weighted by molar-refractivity contribution is 9.10. The zero-order valence-electron chi connectivity index (χ0n) is 8.69. The summed E-state index contributed by atoms with van der Waals surface area (Å²) in [5, 5.41) is 5.42. The van der Waals surface area contributed by atoms with Crippen molar-refractivity contribution >= 4 is 38.4 Å². The predicted molar refractivity (Wildman–Crippen MR) is 70.9 cm³/mol. The summed E-state index contributed by atoms with van der Waals surface area (Å²) in [6.07, 6.45) is 2.62. The number of halogens is 2. The average molecular weight is 300 g/mol. The molecular formula is C12H12BrClN2. The summed E-state index contributed by atoms with van der Waals surface area (Å²) in [5.41, 5.74) is 2.33. The number of benzene rings is 1. The van der Waals surface area contributed by atoms with Crippen molar-refractivity contribution in [3.05, 3.63) is 33.4 Å². The number of rotatable bonds is 3. The van der Waals surface area contributed by atoms with Crippen molar-refractivity contribution in [3.8, 4) is 0 Å². The van der Waals surface area contributed by atoms with Gasteiger partial charge in [-0.2, -0.15) is 0 Å². The fraction of sp³-hybridized carbons (Fsp3) is 0.333. The van der Waals surface area contributed by atoms with Gasteiger partial charge in [0.1, 0.15) is 0 Å². The Kier molecular flexibility index (Phi) is 2.70. The van der Waals surface area contributed by atoms with Gasteiger partial charge >= 0.3 is 0 Å². The third-order valence-electron chi connectivity index (χ3n) is 2.91. The minimum atomic E-state index is 0.724. The first-order valence-corrected chi connectivity index (χ1v) is 6.60. The van der Waals surface area contributed by atoms with Crippen LogP contribution < -0.4 is 5.32 Å². The molecule has 1 aliphatic carbocycles. The van der Waals surface area contributed by atoms with Gasteiger partial charge in [0, 0.05) is 38.7 Å². The molecule has 16 heavy (non-hydrogen) atoms. The van der Waals surface area contributed by atoms with Crippen LogP contribution in [-0.2, 0) is 6.54 Å². The van der Waals surface area contributed by atoms with Crippen LogP contribution in [-0.4, -0.2) is 11.0 Å². The fourth-order valence-corrected chi connectivity index (χ4v) is 2.58. The topological polar surface area (TPSA) is 27.8 Å². The Morgan fingerprint density at radius 3 is 3.00 bits per heavy atom. The lowest BCUT2D eigenvalue weighted by molar-refractivity contribution is 0.676. The molecule has 0 bridgehead atoms. The number of hydrogen-bond acceptors (Lipinski definition) is 1. The molecule has 0 spiro atoms. The number of hydrogen-bond donors (Lipinski definition) is 2. The smallest absolute Gasteiger partial charge is 0.0475 e. The van der Waals surface area contributed by atoms with E-state index in [1.807, 2.05) is 18.2 Å². The highest BCUT2D eigenvalue weighted by Gasteiger charge is 2.21. The van der Waals surface area contributed by atoms with Crippen molar-refractivity contribution in [3.63, 3.8) is 0 Å². The minimum absolute atomic E-state index is 0.724. The van der Waals surface area contributed by atoms with E-state index in [9.17, 15) is 0 Å². The third kappa shape index (κ3) is 1.99. The molecule has 2 aromatic rings. The first-order valence-electron chi connectivity index (χ1n) is 5.43. The summed E-state index contributed by atoms with van der Waals surface area (Å²) >= 11 is 9.61. The van der Waals surface area contributed by atoms with Crippen LogP contribution in [0.25, 0.3) is 10.9 Å². The van der Waals surface area contributed by atoms with Crippen LogP contribution in [0.15, 0.2) is 22.7 Å². The standard InChI is InChI=1S/C12H12BrClN2/c13-12-9-5-7(14)1-4-10(9)16-11(12)6-15-8-2-3-8/h1,4-5,8,15-16H,2-3,6H2. The summed E-state index contributed by atoms with van der Waals surface area (Å²) < 4.78 is 1.12. The maximum atomic E-state index is 5.99. The largest absolute Gasteiger partial charge is 0.356 e. The van der Waals surface area contributed by atoms with Gasteiger partial charge in [0.25, 0.3) is 0 Å². The lowest BCUT2D eigenvalue weighted by Gasteiger charge is -2.00. The zero-order chi connectivity index (χ0) is 11.1. The predicted octanol–water partition coefficient (Wildman–Crippen LogP) is 3.84. The van der Waals surface area contributed by atoms with Crippen LogP contribution in [0.5, 0.6) is 0 Å². The molecule has 3 rings (SSSR count). The molecule has 0 atom stereocenters. The van der Waals surface area contributed by atoms with Crippen LogP contribution in [0.4, 0.5) is 0 Å². The number of nitrogens with one attached hydrogen (secondary N) is 2. The van der Waals surface area contributed by atoms with Gasteiger partial charge in [0.05, 0.1) is 0 Å². The van der Waals surface area contributed by atoms with E-state index in [-0.39, 0.29) is 0 Å². The molecule has 0 unspecified atom stereocenters. The second kappa shape index (κ2) is 4.06. The van der Waals surface area contributed by atoms with Gasteiger partial charge in [-0.25, -0.2) is 0 Å². The lowest BCUT2D eigenvalue weighted by atomic mass is 10.2. The molecule has 1 fully saturated rings. The molecule has 1 heterocycles. The van der Waals surface area contributed by atoms with E-state index in [0.29, 0.717) is 0 Å². The van der Waals surface area contributed by atoms with Crippen molar-refractivity contribution in [1.29, 1.82) is 0 Å². The first kappa shape index (κ1) is 10.6. The fourth-order valence-electron chi connectivity index (χ4n) is 1.84. The van der Waals surface area contributed by atoms with Gasteiger partial charge < -0.3 is 10.3 Å². The molecule has 2 nitrogen and oxygen atoms in total. The van der Waals surface area contributed by atoms with Crippen molar-refractivity contribution in [2.45, 2.75) is 25.4 Å². The first-order chi connectivity index (χ1) is 7.74. The summed E-state index contributed by atoms with van der Waals surface area (Å²) in [6.45, 7) is 0.886. The summed E-state index contributed by atoms with van der Waals surface area (Å²) in [7, 11) is 0. The monoisotopic (exact) mass is 298 g/mol. The Hall–Kier alpha value is -0.510. The van der Waals surface area contributed by atoms with Crippen LogP contribution in [0.1, 0.15) is 18.5 Å². The van der Waals surface area contributed by atoms with Gasteiger partial charge in [-0.3, -0.25) is 0 Å². The van der Waals surface area contributed by atoms with E-state index >= 15 is 0 Å². The van der Waals surface area contributed by atoms with Gasteiger partial charge in [-0.05, 0) is 47.0 Å². The quantitative estimate of drug-likeness (QED) is 0.885. The van der Waals surface area contributed by atoms with Crippen molar-refractivity contribution in [1.82, 2.24) is 10.3 Å². The zero-order valence-corrected chi connectivity index (χ0v) is 11.0. The van der Waals surface area contributed by atoms with Gasteiger partial charge in [-0.15, -0.1) is 0 Å². The Labute approximate surface area is 107 Å². The van der Waals surface area contributed by atoms with Crippen LogP contribution in [0, 0.1) is 0 Å². The summed E-state index contributed by atoms with van der Waals surface area (Å²) in [5.74, 6) is 0. The van der Waals surface area contributed by atoms with E-state index in [1.165, 1.54) is 18.5 Å². The van der Waals surface area contributed by atoms with Crippen LogP contribution >= 0.6 is 27.5 Å². The van der Waals surface area contributed by atoms with Gasteiger partial charge in [0.15, 0.2) is 0 Å². The van der Waals surface area contributed by atoms with E-state index < -0.39 is 0 Å². The van der Waals surface area contributed by atoms with Crippen LogP contribution in [0.3, 0.4) is 0 Å². The Bertz CT molecular complexity index is 531. The second-order valence-corrected chi connectivity index (χ2v) is 5.49. The van der Waals surface area contributed by atoms with Crippen molar-refractivity contribution in [2.24, 2.45) is 0 Å². The molecule has 0 amide bonds. The molecule has 1 aromatic carbocycles. The second-order valence-electron chi connectivity index (χ2n) is 4.26. The van der Waals surface area contributed by atoms with Gasteiger partial charge in [0.2, 0.25) is 0 Å². The molecule has 2 N–H and O–H groups in total. The maximum Gasteiger partial charge on any atom is 0.0475 e. The Morgan fingerprint density at radius 2 is 2.25 bits per heavy atom. The number of H-pyrrole nitrogens is 1.